The lowest BCUT2D eigenvalue weighted by Gasteiger charge is -2.32. The number of aromatic amines is 1. The van der Waals surface area contributed by atoms with E-state index in [9.17, 15) is 9.59 Å². The highest BCUT2D eigenvalue weighted by atomic mass is 16.5. The Morgan fingerprint density at radius 3 is 2.70 bits per heavy atom. The van der Waals surface area contributed by atoms with Gasteiger partial charge in [-0.2, -0.15) is 20.1 Å². The van der Waals surface area contributed by atoms with Crippen LogP contribution in [0.3, 0.4) is 0 Å². The molecule has 1 saturated heterocycles. The molecule has 1 saturated carbocycles. The minimum atomic E-state index is -0.596. The number of rotatable bonds is 7. The number of ether oxygens (including phenoxy) is 1. The number of hydrogen-bond acceptors (Lipinski definition) is 9. The molecule has 4 heterocycles. The number of carbonyl (C=O) groups is 2. The van der Waals surface area contributed by atoms with E-state index in [2.05, 4.69) is 53.2 Å². The highest BCUT2D eigenvalue weighted by molar-refractivity contribution is 5.85. The van der Waals surface area contributed by atoms with Crippen LogP contribution in [0.15, 0.2) is 30.3 Å². The van der Waals surface area contributed by atoms with Crippen LogP contribution < -0.4 is 25.6 Å². The van der Waals surface area contributed by atoms with Gasteiger partial charge >= 0.3 is 12.0 Å². The number of benzene rings is 1. The summed E-state index contributed by atoms with van der Waals surface area (Å²) in [4.78, 5) is 42.8. The third-order valence-electron chi connectivity index (χ3n) is 8.12. The van der Waals surface area contributed by atoms with Gasteiger partial charge in [-0.15, -0.1) is 0 Å². The van der Waals surface area contributed by atoms with E-state index in [0.29, 0.717) is 37.2 Å². The second-order valence-electron chi connectivity index (χ2n) is 10.9. The summed E-state index contributed by atoms with van der Waals surface area (Å²) in [5, 5.41) is 16.7. The van der Waals surface area contributed by atoms with Crippen molar-refractivity contribution in [2.45, 2.75) is 63.2 Å². The minimum Gasteiger partial charge on any atom is -0.467 e. The lowest BCUT2D eigenvalue weighted by Crippen LogP contribution is -2.47. The summed E-state index contributed by atoms with van der Waals surface area (Å²) in [5.41, 5.74) is 2.36. The van der Waals surface area contributed by atoms with E-state index >= 15 is 0 Å². The van der Waals surface area contributed by atoms with Gasteiger partial charge in [0.1, 0.15) is 6.04 Å². The summed E-state index contributed by atoms with van der Waals surface area (Å²) in [6, 6.07) is 10.1. The van der Waals surface area contributed by atoms with Gasteiger partial charge in [-0.3, -0.25) is 9.89 Å². The van der Waals surface area contributed by atoms with Gasteiger partial charge < -0.3 is 30.5 Å². The molecule has 210 valence electrons. The standard InChI is InChI=1S/C27H34N10O3/c1-27(2)20-17(14-37(27)26(39)29-18-13-16(18)15-9-6-5-7-10-15)21(35-34-20)30-23-31-24(33-25(32-23)40-4)36-12-8-11-19(36)22(38)28-3/h5-7,9-10,16,18-19H,8,11-14H2,1-4H3,(H,28,38)(H,29,39)(H2,30,31,32,33,34,35)/t16-,18+,19-/m0/s1. The number of urea groups is 1. The van der Waals surface area contributed by atoms with Crippen LogP contribution in [0.5, 0.6) is 6.01 Å². The predicted octanol–water partition coefficient (Wildman–Crippen LogP) is 2.38. The van der Waals surface area contributed by atoms with E-state index in [4.69, 9.17) is 4.74 Å². The summed E-state index contributed by atoms with van der Waals surface area (Å²) in [7, 11) is 3.10. The summed E-state index contributed by atoms with van der Waals surface area (Å²) in [5.74, 6) is 1.38. The van der Waals surface area contributed by atoms with Gasteiger partial charge in [-0.25, -0.2) is 4.79 Å². The van der Waals surface area contributed by atoms with Gasteiger partial charge in [-0.05, 0) is 38.7 Å². The van der Waals surface area contributed by atoms with E-state index in [1.54, 1.807) is 7.05 Å². The van der Waals surface area contributed by atoms with Crippen LogP contribution >= 0.6 is 0 Å². The number of amides is 3. The molecule has 40 heavy (non-hydrogen) atoms. The van der Waals surface area contributed by atoms with Crippen molar-refractivity contribution in [1.29, 1.82) is 0 Å². The van der Waals surface area contributed by atoms with Crippen LogP contribution in [-0.4, -0.2) is 74.8 Å². The molecule has 2 aromatic heterocycles. The Labute approximate surface area is 232 Å². The maximum atomic E-state index is 13.4. The molecule has 1 aliphatic carbocycles. The van der Waals surface area contributed by atoms with E-state index in [-0.39, 0.29) is 36.0 Å². The fourth-order valence-corrected chi connectivity index (χ4v) is 5.78. The maximum Gasteiger partial charge on any atom is 0.322 e. The Hall–Kier alpha value is -4.42. The van der Waals surface area contributed by atoms with E-state index in [1.165, 1.54) is 12.7 Å². The second-order valence-corrected chi connectivity index (χ2v) is 10.9. The van der Waals surface area contributed by atoms with E-state index < -0.39 is 5.54 Å². The fourth-order valence-electron chi connectivity index (χ4n) is 5.78. The van der Waals surface area contributed by atoms with Gasteiger partial charge in [0.2, 0.25) is 17.8 Å². The zero-order valence-corrected chi connectivity index (χ0v) is 23.1. The largest absolute Gasteiger partial charge is 0.467 e. The normalized spacial score (nSPS) is 22.6. The van der Waals surface area contributed by atoms with Crippen LogP contribution in [0, 0.1) is 0 Å². The molecule has 0 bridgehead atoms. The summed E-state index contributed by atoms with van der Waals surface area (Å²) >= 11 is 0. The molecule has 2 aliphatic heterocycles. The van der Waals surface area contributed by atoms with Crippen molar-refractivity contribution in [2.75, 3.05) is 30.9 Å². The van der Waals surface area contributed by atoms with Crippen molar-refractivity contribution in [3.8, 4) is 6.01 Å². The third-order valence-corrected chi connectivity index (χ3v) is 8.12. The Balaban J connectivity index is 1.19. The van der Waals surface area contributed by atoms with Crippen LogP contribution in [0.25, 0.3) is 0 Å². The van der Waals surface area contributed by atoms with Crippen molar-refractivity contribution >= 4 is 29.7 Å². The Kier molecular flexibility index (Phi) is 6.43. The minimum absolute atomic E-state index is 0.0848. The van der Waals surface area contributed by atoms with E-state index in [1.807, 2.05) is 41.8 Å². The summed E-state index contributed by atoms with van der Waals surface area (Å²) in [6.45, 7) is 5.01. The van der Waals surface area contributed by atoms with Gasteiger partial charge in [0.05, 0.1) is 24.9 Å². The van der Waals surface area contributed by atoms with Crippen LogP contribution in [0.2, 0.25) is 0 Å². The smallest absolute Gasteiger partial charge is 0.322 e. The number of carbonyl (C=O) groups excluding carboxylic acids is 2. The molecule has 13 heteroatoms. The zero-order chi connectivity index (χ0) is 28.0. The van der Waals surface area contributed by atoms with Gasteiger partial charge in [0.25, 0.3) is 0 Å². The molecule has 2 fully saturated rings. The van der Waals surface area contributed by atoms with Crippen molar-refractivity contribution < 1.29 is 14.3 Å². The number of likely N-dealkylation sites (N-methyl/N-ethyl adjacent to an activating group) is 1. The van der Waals surface area contributed by atoms with Gasteiger partial charge in [0.15, 0.2) is 5.82 Å². The van der Waals surface area contributed by atoms with Gasteiger partial charge in [-0.1, -0.05) is 30.3 Å². The quantitative estimate of drug-likeness (QED) is 0.350. The third kappa shape index (κ3) is 4.54. The maximum absolute atomic E-state index is 13.4. The molecule has 6 rings (SSSR count). The molecular weight excluding hydrogens is 512 g/mol. The van der Waals surface area contributed by atoms with Crippen molar-refractivity contribution in [1.82, 2.24) is 40.7 Å². The molecule has 0 spiro atoms. The molecule has 1 aromatic carbocycles. The topological polar surface area (TPSA) is 153 Å². The highest BCUT2D eigenvalue weighted by Gasteiger charge is 2.47. The number of aromatic nitrogens is 5. The number of nitrogens with one attached hydrogen (secondary N) is 4. The van der Waals surface area contributed by atoms with Gasteiger partial charge in [0, 0.05) is 31.1 Å². The van der Waals surface area contributed by atoms with Crippen LogP contribution in [0.1, 0.15) is 55.8 Å². The number of H-pyrrole nitrogens is 1. The van der Waals surface area contributed by atoms with Crippen molar-refractivity contribution in [3.05, 3.63) is 47.2 Å². The first-order valence-electron chi connectivity index (χ1n) is 13.6. The van der Waals surface area contributed by atoms with Crippen LogP contribution in [0.4, 0.5) is 22.5 Å². The fraction of sp³-hybridized carbons (Fsp3) is 0.481. The number of nitrogens with zero attached hydrogens (tertiary/aromatic N) is 6. The number of fused-ring (bicyclic) bond motifs is 1. The average molecular weight is 547 g/mol. The lowest BCUT2D eigenvalue weighted by molar-refractivity contribution is -0.121. The number of methoxy groups -OCH3 is 1. The molecule has 3 aromatic rings. The molecule has 0 radical (unpaired) electrons. The number of anilines is 3. The monoisotopic (exact) mass is 546 g/mol. The predicted molar refractivity (Wildman–Crippen MR) is 147 cm³/mol. The molecule has 3 aliphatic rings. The second kappa shape index (κ2) is 9.96. The summed E-state index contributed by atoms with van der Waals surface area (Å²) < 4.78 is 5.34. The molecular formula is C27H34N10O3. The van der Waals surface area contributed by atoms with E-state index in [0.717, 1.165) is 24.1 Å². The first-order valence-corrected chi connectivity index (χ1v) is 13.6. The highest BCUT2D eigenvalue weighted by Crippen LogP contribution is 2.43. The molecule has 13 nitrogen and oxygen atoms in total. The zero-order valence-electron chi connectivity index (χ0n) is 23.1. The first-order chi connectivity index (χ1) is 19.3. The Morgan fingerprint density at radius 1 is 1.15 bits per heavy atom. The number of hydrogen-bond donors (Lipinski definition) is 4. The average Bonchev–Trinajstić information content (AvgIpc) is 3.26. The molecule has 3 amide bonds. The van der Waals surface area contributed by atoms with Crippen molar-refractivity contribution in [2.24, 2.45) is 0 Å². The van der Waals surface area contributed by atoms with Crippen molar-refractivity contribution in [3.63, 3.8) is 0 Å². The summed E-state index contributed by atoms with van der Waals surface area (Å²) in [6.07, 6.45) is 2.50. The molecule has 3 atom stereocenters. The lowest BCUT2D eigenvalue weighted by atomic mass is 10.0. The first kappa shape index (κ1) is 25.8. The Bertz CT molecular complexity index is 1430. The Morgan fingerprint density at radius 2 is 1.95 bits per heavy atom. The molecule has 0 unspecified atom stereocenters. The SMILES string of the molecule is CNC(=O)[C@@H]1CCCN1c1nc(Nc2n[nH]c3c2CN(C(=O)N[C@@H]2C[C@H]2c2ccccc2)C3(C)C)nc(OC)n1. The van der Waals surface area contributed by atoms with Crippen LogP contribution in [-0.2, 0) is 16.9 Å². The molecule has 4 N–H and O–H groups in total.